The topological polar surface area (TPSA) is 108 Å². The normalized spacial score (nSPS) is 21.4. The molecule has 5 rings (SSSR count). The van der Waals surface area contributed by atoms with Gasteiger partial charge in [0, 0.05) is 58.2 Å². The fraction of sp³-hybridized carbons (Fsp3) is 0.600. The molecule has 10 nitrogen and oxygen atoms in total. The summed E-state index contributed by atoms with van der Waals surface area (Å²) >= 11 is 0. The van der Waals surface area contributed by atoms with Crippen molar-refractivity contribution in [1.82, 2.24) is 24.3 Å². The summed E-state index contributed by atoms with van der Waals surface area (Å²) in [6.07, 6.45) is 2.53. The van der Waals surface area contributed by atoms with Crippen LogP contribution in [0.1, 0.15) is 32.6 Å². The SMILES string of the molecule is CCOC(=O)N1CCN(C(=O)[C@@H]2CC23CCN(C(=O)CCn2c(=O)[nH]c4ccccc42)CC3)CC1. The monoisotopic (exact) mass is 483 g/mol. The molecule has 188 valence electrons. The van der Waals surface area contributed by atoms with E-state index in [1.54, 1.807) is 16.4 Å². The Morgan fingerprint density at radius 3 is 2.40 bits per heavy atom. The number of amides is 3. The molecule has 2 saturated heterocycles. The summed E-state index contributed by atoms with van der Waals surface area (Å²) in [5.41, 5.74) is 1.40. The molecule has 1 aromatic carbocycles. The Bertz CT molecular complexity index is 1170. The number of ether oxygens (including phenoxy) is 1. The molecule has 0 bridgehead atoms. The number of hydrogen-bond donors (Lipinski definition) is 1. The van der Waals surface area contributed by atoms with Gasteiger partial charge in [-0.25, -0.2) is 9.59 Å². The summed E-state index contributed by atoms with van der Waals surface area (Å²) in [7, 11) is 0. The predicted octanol–water partition coefficient (Wildman–Crippen LogP) is 1.65. The van der Waals surface area contributed by atoms with Gasteiger partial charge >= 0.3 is 11.8 Å². The van der Waals surface area contributed by atoms with E-state index in [1.165, 1.54) is 0 Å². The van der Waals surface area contributed by atoms with E-state index in [9.17, 15) is 19.2 Å². The highest BCUT2D eigenvalue weighted by atomic mass is 16.6. The Kier molecular flexibility index (Phi) is 6.29. The Balaban J connectivity index is 1.09. The van der Waals surface area contributed by atoms with E-state index in [0.717, 1.165) is 30.3 Å². The van der Waals surface area contributed by atoms with Gasteiger partial charge in [0.05, 0.1) is 17.6 Å². The third kappa shape index (κ3) is 4.53. The number of piperidine rings is 1. The number of aromatic nitrogens is 2. The number of para-hydroxylation sites is 2. The molecule has 1 aliphatic carbocycles. The van der Waals surface area contributed by atoms with Crippen LogP contribution in [0.5, 0.6) is 0 Å². The highest BCUT2D eigenvalue weighted by Crippen LogP contribution is 2.60. The number of carbonyl (C=O) groups excluding carboxylic acids is 3. The lowest BCUT2D eigenvalue weighted by atomic mass is 9.90. The largest absolute Gasteiger partial charge is 0.450 e. The molecule has 0 unspecified atom stereocenters. The number of imidazole rings is 1. The number of rotatable bonds is 5. The van der Waals surface area contributed by atoms with Gasteiger partial charge in [-0.05, 0) is 43.7 Å². The highest BCUT2D eigenvalue weighted by Gasteiger charge is 2.59. The van der Waals surface area contributed by atoms with Crippen molar-refractivity contribution in [3.8, 4) is 0 Å². The van der Waals surface area contributed by atoms with Crippen LogP contribution in [0.25, 0.3) is 11.0 Å². The lowest BCUT2D eigenvalue weighted by molar-refractivity contribution is -0.136. The molecule has 3 amide bonds. The van der Waals surface area contributed by atoms with E-state index < -0.39 is 0 Å². The summed E-state index contributed by atoms with van der Waals surface area (Å²) in [5.74, 6) is 0.265. The van der Waals surface area contributed by atoms with Gasteiger partial charge in [-0.3, -0.25) is 14.2 Å². The summed E-state index contributed by atoms with van der Waals surface area (Å²) in [4.78, 5) is 58.3. The number of nitrogens with one attached hydrogen (secondary N) is 1. The zero-order valence-corrected chi connectivity index (χ0v) is 20.2. The molecule has 2 aliphatic heterocycles. The number of fused-ring (bicyclic) bond motifs is 1. The molecule has 10 heteroatoms. The maximum Gasteiger partial charge on any atom is 0.409 e. The minimum absolute atomic E-state index is 0.0138. The minimum atomic E-state index is -0.311. The first-order valence-electron chi connectivity index (χ1n) is 12.6. The number of aryl methyl sites for hydroxylation is 1. The van der Waals surface area contributed by atoms with Gasteiger partial charge in [0.15, 0.2) is 0 Å². The molecule has 2 aromatic rings. The van der Waals surface area contributed by atoms with Crippen LogP contribution in [0.3, 0.4) is 0 Å². The molecule has 1 saturated carbocycles. The quantitative estimate of drug-likeness (QED) is 0.696. The number of nitrogens with zero attached hydrogens (tertiary/aromatic N) is 4. The van der Waals surface area contributed by atoms with Crippen molar-refractivity contribution in [2.75, 3.05) is 45.9 Å². The molecule has 1 aromatic heterocycles. The first-order valence-corrected chi connectivity index (χ1v) is 12.6. The first kappa shape index (κ1) is 23.4. The van der Waals surface area contributed by atoms with Gasteiger partial charge in [-0.15, -0.1) is 0 Å². The smallest absolute Gasteiger partial charge is 0.409 e. The lowest BCUT2D eigenvalue weighted by Crippen LogP contribution is -2.51. The zero-order chi connectivity index (χ0) is 24.6. The van der Waals surface area contributed by atoms with E-state index in [-0.39, 0.29) is 41.4 Å². The standard InChI is InChI=1S/C25H33N5O5/c1-2-35-24(34)29-15-13-28(14-16-29)22(32)18-17-25(18)8-11-27(12-9-25)21(31)7-10-30-20-6-4-3-5-19(20)26-23(30)33/h3-6,18H,2,7-17H2,1H3,(H,26,33)/t18-/m0/s1. The van der Waals surface area contributed by atoms with Crippen LogP contribution in [0.2, 0.25) is 0 Å². The number of carbonyl (C=O) groups is 3. The second-order valence-electron chi connectivity index (χ2n) is 9.86. The Morgan fingerprint density at radius 1 is 1.00 bits per heavy atom. The number of H-pyrrole nitrogens is 1. The van der Waals surface area contributed by atoms with Gasteiger partial charge in [0.1, 0.15) is 0 Å². The summed E-state index contributed by atoms with van der Waals surface area (Å²) in [6.45, 7) is 5.90. The van der Waals surface area contributed by atoms with Crippen molar-refractivity contribution in [3.63, 3.8) is 0 Å². The Labute approximate surface area is 203 Å². The lowest BCUT2D eigenvalue weighted by Gasteiger charge is -2.36. The van der Waals surface area contributed by atoms with Gasteiger partial charge in [0.25, 0.3) is 0 Å². The van der Waals surface area contributed by atoms with Gasteiger partial charge in [-0.2, -0.15) is 0 Å². The van der Waals surface area contributed by atoms with Crippen LogP contribution in [-0.4, -0.2) is 88.0 Å². The second-order valence-corrected chi connectivity index (χ2v) is 9.86. The molecule has 3 fully saturated rings. The third-order valence-corrected chi connectivity index (χ3v) is 7.95. The maximum absolute atomic E-state index is 13.1. The molecule has 1 atom stereocenters. The van der Waals surface area contributed by atoms with Crippen molar-refractivity contribution < 1.29 is 19.1 Å². The van der Waals surface area contributed by atoms with E-state index in [2.05, 4.69) is 4.98 Å². The van der Waals surface area contributed by atoms with Gasteiger partial charge in [0.2, 0.25) is 11.8 Å². The van der Waals surface area contributed by atoms with Crippen molar-refractivity contribution in [2.45, 2.75) is 39.2 Å². The fourth-order valence-electron chi connectivity index (χ4n) is 5.69. The molecule has 1 spiro atoms. The Hall–Kier alpha value is -3.30. The average molecular weight is 484 g/mol. The number of benzene rings is 1. The third-order valence-electron chi connectivity index (χ3n) is 7.95. The molecule has 35 heavy (non-hydrogen) atoms. The van der Waals surface area contributed by atoms with E-state index in [1.807, 2.05) is 34.1 Å². The van der Waals surface area contributed by atoms with Crippen LogP contribution in [0, 0.1) is 11.3 Å². The number of piperazine rings is 1. The fourth-order valence-corrected chi connectivity index (χ4v) is 5.69. The molecule has 0 radical (unpaired) electrons. The summed E-state index contributed by atoms with van der Waals surface area (Å²) < 4.78 is 6.67. The van der Waals surface area contributed by atoms with Crippen LogP contribution >= 0.6 is 0 Å². The predicted molar refractivity (Wildman–Crippen MR) is 129 cm³/mol. The van der Waals surface area contributed by atoms with Gasteiger partial charge < -0.3 is 24.4 Å². The summed E-state index contributed by atoms with van der Waals surface area (Å²) in [5, 5.41) is 0. The van der Waals surface area contributed by atoms with Crippen molar-refractivity contribution >= 4 is 28.9 Å². The zero-order valence-electron chi connectivity index (χ0n) is 20.2. The van der Waals surface area contributed by atoms with Crippen LogP contribution < -0.4 is 5.69 Å². The van der Waals surface area contributed by atoms with E-state index >= 15 is 0 Å². The average Bonchev–Trinajstić information content (AvgIpc) is 3.47. The van der Waals surface area contributed by atoms with E-state index in [4.69, 9.17) is 4.74 Å². The number of likely N-dealkylation sites (tertiary alicyclic amines) is 1. The van der Waals surface area contributed by atoms with Crippen LogP contribution in [-0.2, 0) is 20.9 Å². The Morgan fingerprint density at radius 2 is 1.69 bits per heavy atom. The van der Waals surface area contributed by atoms with Crippen LogP contribution in [0.15, 0.2) is 29.1 Å². The van der Waals surface area contributed by atoms with Crippen molar-refractivity contribution in [1.29, 1.82) is 0 Å². The number of aromatic amines is 1. The molecular weight excluding hydrogens is 450 g/mol. The van der Waals surface area contributed by atoms with Crippen molar-refractivity contribution in [2.24, 2.45) is 11.3 Å². The molecule has 1 N–H and O–H groups in total. The van der Waals surface area contributed by atoms with Crippen LogP contribution in [0.4, 0.5) is 4.79 Å². The second kappa shape index (κ2) is 9.39. The maximum atomic E-state index is 13.1. The van der Waals surface area contributed by atoms with E-state index in [0.29, 0.717) is 52.4 Å². The number of hydrogen-bond acceptors (Lipinski definition) is 5. The highest BCUT2D eigenvalue weighted by molar-refractivity contribution is 5.83. The molecule has 3 heterocycles. The first-order chi connectivity index (χ1) is 16.9. The van der Waals surface area contributed by atoms with Gasteiger partial charge in [-0.1, -0.05) is 12.1 Å². The van der Waals surface area contributed by atoms with Crippen molar-refractivity contribution in [3.05, 3.63) is 34.7 Å². The minimum Gasteiger partial charge on any atom is -0.450 e. The molecular formula is C25H33N5O5. The summed E-state index contributed by atoms with van der Waals surface area (Å²) in [6, 6.07) is 7.48. The molecule has 3 aliphatic rings.